The Morgan fingerprint density at radius 1 is 1.06 bits per heavy atom. The van der Waals surface area contributed by atoms with Gasteiger partial charge in [-0.1, -0.05) is 6.07 Å². The molecule has 0 unspecified atom stereocenters. The van der Waals surface area contributed by atoms with Crippen LogP contribution >= 0.6 is 0 Å². The van der Waals surface area contributed by atoms with Gasteiger partial charge in [0.25, 0.3) is 17.5 Å². The molecule has 0 spiro atoms. The molecule has 1 aromatic heterocycles. The van der Waals surface area contributed by atoms with Gasteiger partial charge in [0, 0.05) is 5.56 Å². The molecular weight excluding hydrogens is 405 g/mol. The lowest BCUT2D eigenvalue weighted by Gasteiger charge is -2.14. The Balaban J connectivity index is 1.67. The number of benzene rings is 2. The summed E-state index contributed by atoms with van der Waals surface area (Å²) >= 11 is 0. The van der Waals surface area contributed by atoms with E-state index in [1.807, 2.05) is 0 Å². The van der Waals surface area contributed by atoms with E-state index in [2.05, 4.69) is 5.43 Å². The van der Waals surface area contributed by atoms with E-state index in [4.69, 9.17) is 4.42 Å². The molecule has 8 nitrogen and oxygen atoms in total. The predicted octanol–water partition coefficient (Wildman–Crippen LogP) is 4.07. The van der Waals surface area contributed by atoms with Crippen LogP contribution in [-0.4, -0.2) is 16.7 Å². The van der Waals surface area contributed by atoms with Gasteiger partial charge < -0.3 is 4.42 Å². The van der Waals surface area contributed by atoms with Crippen molar-refractivity contribution in [2.45, 2.75) is 13.8 Å². The highest BCUT2D eigenvalue weighted by Crippen LogP contribution is 2.35. The topological polar surface area (TPSA) is 106 Å². The number of rotatable bonds is 4. The number of nitrogens with zero attached hydrogens (tertiary/aromatic N) is 2. The van der Waals surface area contributed by atoms with Crippen molar-refractivity contribution in [3.63, 3.8) is 0 Å². The number of aryl methyl sites for hydroxylation is 1. The van der Waals surface area contributed by atoms with Crippen LogP contribution in [0.5, 0.6) is 0 Å². The smallest absolute Gasteiger partial charge is 0.283 e. The molecule has 2 aromatic carbocycles. The van der Waals surface area contributed by atoms with Crippen LogP contribution in [0.15, 0.2) is 58.5 Å². The van der Waals surface area contributed by atoms with Crippen molar-refractivity contribution in [3.05, 3.63) is 86.9 Å². The maximum atomic E-state index is 13.1. The first-order chi connectivity index (χ1) is 14.8. The molecule has 1 saturated heterocycles. The van der Waals surface area contributed by atoms with Crippen LogP contribution < -0.4 is 10.4 Å². The summed E-state index contributed by atoms with van der Waals surface area (Å²) in [5.74, 6) is -1.33. The summed E-state index contributed by atoms with van der Waals surface area (Å²) in [5, 5.41) is 12.6. The van der Waals surface area contributed by atoms with Crippen molar-refractivity contribution in [2.75, 3.05) is 5.01 Å². The number of carbonyl (C=O) groups excluding carboxylic acids is 2. The second-order valence-corrected chi connectivity index (χ2v) is 6.98. The summed E-state index contributed by atoms with van der Waals surface area (Å²) in [4.78, 5) is 36.0. The summed E-state index contributed by atoms with van der Waals surface area (Å²) in [6, 6.07) is 11.5. The van der Waals surface area contributed by atoms with Gasteiger partial charge in [0.05, 0.1) is 16.2 Å². The van der Waals surface area contributed by atoms with Crippen LogP contribution in [0.3, 0.4) is 0 Å². The molecule has 0 saturated carbocycles. The third kappa shape index (κ3) is 3.57. The zero-order chi connectivity index (χ0) is 22.3. The summed E-state index contributed by atoms with van der Waals surface area (Å²) in [5.41, 5.74) is 4.07. The fraction of sp³-hybridized carbons (Fsp3) is 0.0909. The van der Waals surface area contributed by atoms with Crippen molar-refractivity contribution in [1.29, 1.82) is 0 Å². The molecule has 9 heteroatoms. The fourth-order valence-electron chi connectivity index (χ4n) is 3.28. The van der Waals surface area contributed by atoms with Gasteiger partial charge in [-0.2, -0.15) is 0 Å². The largest absolute Gasteiger partial charge is 0.456 e. The molecule has 0 radical (unpaired) electrons. The monoisotopic (exact) mass is 421 g/mol. The van der Waals surface area contributed by atoms with Crippen LogP contribution in [0.1, 0.15) is 16.9 Å². The van der Waals surface area contributed by atoms with E-state index >= 15 is 0 Å². The van der Waals surface area contributed by atoms with E-state index in [0.717, 1.165) is 10.6 Å². The third-order valence-electron chi connectivity index (χ3n) is 5.04. The molecule has 31 heavy (non-hydrogen) atoms. The fourth-order valence-corrected chi connectivity index (χ4v) is 3.28. The van der Waals surface area contributed by atoms with Gasteiger partial charge in [-0.25, -0.2) is 9.40 Å². The highest BCUT2D eigenvalue weighted by Gasteiger charge is 2.35. The highest BCUT2D eigenvalue weighted by atomic mass is 19.1. The molecule has 1 aliphatic rings. The highest BCUT2D eigenvalue weighted by molar-refractivity contribution is 6.31. The van der Waals surface area contributed by atoms with E-state index in [1.165, 1.54) is 36.4 Å². The van der Waals surface area contributed by atoms with E-state index in [1.54, 1.807) is 32.0 Å². The molecule has 1 aliphatic heterocycles. The minimum Gasteiger partial charge on any atom is -0.456 e. The number of nitro benzene ring substituents is 1. The summed E-state index contributed by atoms with van der Waals surface area (Å²) in [6.07, 6.45) is 1.26. The number of furan rings is 1. The van der Waals surface area contributed by atoms with Gasteiger partial charge in [0.1, 0.15) is 22.9 Å². The number of amides is 2. The molecule has 1 N–H and O–H groups in total. The van der Waals surface area contributed by atoms with Crippen molar-refractivity contribution in [2.24, 2.45) is 0 Å². The second kappa shape index (κ2) is 7.52. The van der Waals surface area contributed by atoms with Crippen molar-refractivity contribution in [1.82, 2.24) is 5.43 Å². The summed E-state index contributed by atoms with van der Waals surface area (Å²) in [6.45, 7) is 3.44. The Morgan fingerprint density at radius 2 is 1.77 bits per heavy atom. The lowest BCUT2D eigenvalue weighted by Crippen LogP contribution is -2.35. The summed E-state index contributed by atoms with van der Waals surface area (Å²) < 4.78 is 18.8. The minimum atomic E-state index is -0.649. The molecule has 0 aliphatic carbocycles. The molecule has 4 rings (SSSR count). The summed E-state index contributed by atoms with van der Waals surface area (Å²) in [7, 11) is 0. The Hall–Kier alpha value is -4.27. The first kappa shape index (κ1) is 20.0. The number of carbonyl (C=O) groups is 2. The van der Waals surface area contributed by atoms with Crippen molar-refractivity contribution in [3.8, 4) is 11.3 Å². The number of anilines is 1. The van der Waals surface area contributed by atoms with E-state index in [-0.39, 0.29) is 22.8 Å². The average Bonchev–Trinajstić information content (AvgIpc) is 3.30. The Kier molecular flexibility index (Phi) is 4.86. The Bertz CT molecular complexity index is 1260. The number of hydrogen-bond donors (Lipinski definition) is 1. The van der Waals surface area contributed by atoms with Crippen LogP contribution in [0.4, 0.5) is 15.8 Å². The first-order valence-corrected chi connectivity index (χ1v) is 9.24. The normalized spacial score (nSPS) is 14.9. The number of hydrogen-bond acceptors (Lipinski definition) is 5. The van der Waals surface area contributed by atoms with Crippen LogP contribution in [0, 0.1) is 29.8 Å². The lowest BCUT2D eigenvalue weighted by molar-refractivity contribution is -0.384. The maximum absolute atomic E-state index is 13.1. The SMILES string of the molecule is Cc1ccc(-c2ccc(C=C3C(=O)NN(c4ccc(F)cc4)C3=O)o2)c([N+](=O)[O-])c1C. The van der Waals surface area contributed by atoms with Crippen molar-refractivity contribution >= 4 is 29.3 Å². The van der Waals surface area contributed by atoms with Gasteiger partial charge in [0.15, 0.2) is 0 Å². The Labute approximate surface area is 175 Å². The molecule has 2 amide bonds. The van der Waals surface area contributed by atoms with Gasteiger partial charge in [-0.05, 0) is 68.0 Å². The van der Waals surface area contributed by atoms with Gasteiger partial charge in [-0.15, -0.1) is 0 Å². The van der Waals surface area contributed by atoms with Gasteiger partial charge in [-0.3, -0.25) is 25.1 Å². The second-order valence-electron chi connectivity index (χ2n) is 6.98. The quantitative estimate of drug-likeness (QED) is 0.296. The maximum Gasteiger partial charge on any atom is 0.283 e. The standard InChI is InChI=1S/C22H16FN3O5/c1-12-3-9-17(20(13(12)2)26(29)30)19-10-8-16(31-19)11-18-21(27)24-25(22(18)28)15-6-4-14(23)5-7-15/h3-11H,1-2H3,(H,24,27). The molecular formula is C22H16FN3O5. The van der Waals surface area contributed by atoms with E-state index in [0.29, 0.717) is 16.8 Å². The number of hydrazine groups is 1. The van der Waals surface area contributed by atoms with Crippen LogP contribution in [-0.2, 0) is 9.59 Å². The first-order valence-electron chi connectivity index (χ1n) is 9.24. The molecule has 2 heterocycles. The zero-order valence-corrected chi connectivity index (χ0v) is 16.5. The van der Waals surface area contributed by atoms with Gasteiger partial charge in [0.2, 0.25) is 0 Å². The average molecular weight is 421 g/mol. The number of nitrogens with one attached hydrogen (secondary N) is 1. The Morgan fingerprint density at radius 3 is 2.45 bits per heavy atom. The van der Waals surface area contributed by atoms with E-state index in [9.17, 15) is 24.1 Å². The van der Waals surface area contributed by atoms with Crippen LogP contribution in [0.2, 0.25) is 0 Å². The predicted molar refractivity (Wildman–Crippen MR) is 110 cm³/mol. The molecule has 0 bridgehead atoms. The molecule has 0 atom stereocenters. The molecule has 3 aromatic rings. The van der Waals surface area contributed by atoms with E-state index < -0.39 is 22.6 Å². The molecule has 156 valence electrons. The van der Waals surface area contributed by atoms with Gasteiger partial charge >= 0.3 is 0 Å². The molecule has 1 fully saturated rings. The zero-order valence-electron chi connectivity index (χ0n) is 16.5. The minimum absolute atomic E-state index is 0.0641. The third-order valence-corrected chi connectivity index (χ3v) is 5.04. The number of halogens is 1. The number of nitro groups is 1. The van der Waals surface area contributed by atoms with Crippen LogP contribution in [0.25, 0.3) is 17.4 Å². The lowest BCUT2D eigenvalue weighted by atomic mass is 10.0. The van der Waals surface area contributed by atoms with Crippen molar-refractivity contribution < 1.29 is 23.3 Å².